The van der Waals surface area contributed by atoms with Gasteiger partial charge in [0.15, 0.2) is 0 Å². The van der Waals surface area contributed by atoms with Crippen LogP contribution in [-0.2, 0) is 6.54 Å². The van der Waals surface area contributed by atoms with Gasteiger partial charge in [-0.3, -0.25) is 4.57 Å². The second-order valence-electron chi connectivity index (χ2n) is 4.53. The number of benzene rings is 2. The van der Waals surface area contributed by atoms with Crippen LogP contribution in [0.25, 0.3) is 10.9 Å². The molecule has 3 nitrogen and oxygen atoms in total. The number of carbonyl (C=O) groups is 1. The van der Waals surface area contributed by atoms with Gasteiger partial charge in [0.25, 0.3) is 0 Å². The van der Waals surface area contributed by atoms with Crippen LogP contribution in [0.15, 0.2) is 65.3 Å². The van der Waals surface area contributed by atoms with E-state index in [-0.39, 0.29) is 6.03 Å². The number of rotatable bonds is 2. The highest BCUT2D eigenvalue weighted by atomic mass is 79.9. The lowest BCUT2D eigenvalue weighted by Crippen LogP contribution is -2.27. The SMILES string of the molecule is O=C(NCc1ccc(Br)cc1)n1ccc2ccccc21. The van der Waals surface area contributed by atoms with E-state index in [4.69, 9.17) is 0 Å². The molecule has 1 heterocycles. The third kappa shape index (κ3) is 2.60. The number of amides is 1. The highest BCUT2D eigenvalue weighted by molar-refractivity contribution is 9.10. The van der Waals surface area contributed by atoms with E-state index in [1.54, 1.807) is 10.8 Å². The molecule has 0 fully saturated rings. The first-order chi connectivity index (χ1) is 9.74. The Hall–Kier alpha value is -2.07. The summed E-state index contributed by atoms with van der Waals surface area (Å²) in [5.41, 5.74) is 1.99. The summed E-state index contributed by atoms with van der Waals surface area (Å²) in [5.74, 6) is 0. The highest BCUT2D eigenvalue weighted by Gasteiger charge is 2.07. The minimum Gasteiger partial charge on any atom is -0.333 e. The maximum absolute atomic E-state index is 12.2. The molecule has 0 radical (unpaired) electrons. The topological polar surface area (TPSA) is 34.0 Å². The predicted molar refractivity (Wildman–Crippen MR) is 83.7 cm³/mol. The zero-order valence-electron chi connectivity index (χ0n) is 10.7. The molecule has 0 atom stereocenters. The molecular weight excluding hydrogens is 316 g/mol. The number of hydrogen-bond donors (Lipinski definition) is 1. The van der Waals surface area contributed by atoms with E-state index in [2.05, 4.69) is 21.2 Å². The Bertz CT molecular complexity index is 747. The van der Waals surface area contributed by atoms with E-state index in [0.29, 0.717) is 6.54 Å². The van der Waals surface area contributed by atoms with Gasteiger partial charge < -0.3 is 5.32 Å². The molecule has 0 aliphatic heterocycles. The van der Waals surface area contributed by atoms with Crippen molar-refractivity contribution in [1.82, 2.24) is 9.88 Å². The van der Waals surface area contributed by atoms with Gasteiger partial charge in [0.2, 0.25) is 0 Å². The highest BCUT2D eigenvalue weighted by Crippen LogP contribution is 2.15. The van der Waals surface area contributed by atoms with Crippen molar-refractivity contribution in [3.63, 3.8) is 0 Å². The van der Waals surface area contributed by atoms with E-state index in [9.17, 15) is 4.79 Å². The van der Waals surface area contributed by atoms with Crippen LogP contribution in [0.1, 0.15) is 5.56 Å². The molecule has 3 aromatic rings. The zero-order chi connectivity index (χ0) is 13.9. The fraction of sp³-hybridized carbons (Fsp3) is 0.0625. The number of fused-ring (bicyclic) bond motifs is 1. The Morgan fingerprint density at radius 3 is 2.60 bits per heavy atom. The number of halogens is 1. The molecule has 100 valence electrons. The molecule has 0 saturated heterocycles. The monoisotopic (exact) mass is 328 g/mol. The third-order valence-corrected chi connectivity index (χ3v) is 3.70. The third-order valence-electron chi connectivity index (χ3n) is 3.18. The summed E-state index contributed by atoms with van der Waals surface area (Å²) in [7, 11) is 0. The molecule has 0 unspecified atom stereocenters. The summed E-state index contributed by atoms with van der Waals surface area (Å²) in [4.78, 5) is 12.2. The quantitative estimate of drug-likeness (QED) is 0.752. The van der Waals surface area contributed by atoms with Crippen LogP contribution in [0.2, 0.25) is 0 Å². The normalized spacial score (nSPS) is 10.7. The van der Waals surface area contributed by atoms with Crippen molar-refractivity contribution in [3.05, 3.63) is 70.8 Å². The van der Waals surface area contributed by atoms with Gasteiger partial charge in [0, 0.05) is 22.6 Å². The van der Waals surface area contributed by atoms with Gasteiger partial charge >= 0.3 is 6.03 Å². The summed E-state index contributed by atoms with van der Waals surface area (Å²) in [6.45, 7) is 0.513. The molecule has 3 rings (SSSR count). The molecule has 1 N–H and O–H groups in total. The van der Waals surface area contributed by atoms with Crippen LogP contribution in [-0.4, -0.2) is 10.6 Å². The van der Waals surface area contributed by atoms with Crippen LogP contribution < -0.4 is 5.32 Å². The van der Waals surface area contributed by atoms with E-state index in [1.165, 1.54) is 0 Å². The standard InChI is InChI=1S/C16H13BrN2O/c17-14-7-5-12(6-8-14)11-18-16(20)19-10-9-13-3-1-2-4-15(13)19/h1-10H,11H2,(H,18,20). The second-order valence-corrected chi connectivity index (χ2v) is 5.45. The van der Waals surface area contributed by atoms with Gasteiger partial charge in [-0.2, -0.15) is 0 Å². The minimum atomic E-state index is -0.117. The van der Waals surface area contributed by atoms with E-state index in [1.807, 2.05) is 54.6 Å². The van der Waals surface area contributed by atoms with Crippen molar-refractivity contribution in [1.29, 1.82) is 0 Å². The Labute approximate surface area is 125 Å². The molecule has 0 bridgehead atoms. The summed E-state index contributed by atoms with van der Waals surface area (Å²) in [5, 5.41) is 3.98. The van der Waals surface area contributed by atoms with Crippen molar-refractivity contribution in [3.8, 4) is 0 Å². The first kappa shape index (κ1) is 12.9. The Morgan fingerprint density at radius 2 is 1.80 bits per heavy atom. The van der Waals surface area contributed by atoms with Crippen LogP contribution in [0.5, 0.6) is 0 Å². The fourth-order valence-corrected chi connectivity index (χ4v) is 2.39. The van der Waals surface area contributed by atoms with Crippen molar-refractivity contribution >= 4 is 32.9 Å². The van der Waals surface area contributed by atoms with Crippen molar-refractivity contribution < 1.29 is 4.79 Å². The van der Waals surface area contributed by atoms with E-state index < -0.39 is 0 Å². The molecule has 1 aromatic heterocycles. The van der Waals surface area contributed by atoms with Gasteiger partial charge in [0.1, 0.15) is 0 Å². The van der Waals surface area contributed by atoms with Crippen LogP contribution in [0.4, 0.5) is 4.79 Å². The molecule has 1 amide bonds. The number of aromatic nitrogens is 1. The lowest BCUT2D eigenvalue weighted by atomic mass is 10.2. The molecule has 4 heteroatoms. The van der Waals surface area contributed by atoms with Crippen LogP contribution >= 0.6 is 15.9 Å². The first-order valence-electron chi connectivity index (χ1n) is 6.33. The molecule has 0 saturated carbocycles. The average Bonchev–Trinajstić information content (AvgIpc) is 2.90. The summed E-state index contributed by atoms with van der Waals surface area (Å²) >= 11 is 3.39. The lowest BCUT2D eigenvalue weighted by molar-refractivity contribution is 0.243. The van der Waals surface area contributed by atoms with E-state index >= 15 is 0 Å². The molecule has 0 aliphatic rings. The van der Waals surface area contributed by atoms with Gasteiger partial charge in [-0.15, -0.1) is 0 Å². The largest absolute Gasteiger partial charge is 0.333 e. The van der Waals surface area contributed by atoms with Crippen molar-refractivity contribution in [2.45, 2.75) is 6.54 Å². The maximum Gasteiger partial charge on any atom is 0.326 e. The average molecular weight is 329 g/mol. The van der Waals surface area contributed by atoms with Gasteiger partial charge in [-0.25, -0.2) is 4.79 Å². The number of nitrogens with zero attached hydrogens (tertiary/aromatic N) is 1. The number of hydrogen-bond acceptors (Lipinski definition) is 1. The van der Waals surface area contributed by atoms with Crippen molar-refractivity contribution in [2.75, 3.05) is 0 Å². The maximum atomic E-state index is 12.2. The predicted octanol–water partition coefficient (Wildman–Crippen LogP) is 4.16. The molecule has 20 heavy (non-hydrogen) atoms. The van der Waals surface area contributed by atoms with Crippen LogP contribution in [0.3, 0.4) is 0 Å². The number of nitrogens with one attached hydrogen (secondary N) is 1. The fourth-order valence-electron chi connectivity index (χ4n) is 2.13. The van der Waals surface area contributed by atoms with Gasteiger partial charge in [0.05, 0.1) is 5.52 Å². The van der Waals surface area contributed by atoms with Crippen LogP contribution in [0, 0.1) is 0 Å². The second kappa shape index (κ2) is 5.51. The Morgan fingerprint density at radius 1 is 1.05 bits per heavy atom. The van der Waals surface area contributed by atoms with Gasteiger partial charge in [-0.05, 0) is 29.8 Å². The summed E-state index contributed by atoms with van der Waals surface area (Å²) in [6, 6.07) is 17.5. The Balaban J connectivity index is 1.75. The molecule has 2 aromatic carbocycles. The van der Waals surface area contributed by atoms with Gasteiger partial charge in [-0.1, -0.05) is 46.3 Å². The molecule has 0 spiro atoms. The number of para-hydroxylation sites is 1. The Kier molecular flexibility index (Phi) is 3.56. The zero-order valence-corrected chi connectivity index (χ0v) is 12.3. The molecule has 0 aliphatic carbocycles. The van der Waals surface area contributed by atoms with Crippen molar-refractivity contribution in [2.24, 2.45) is 0 Å². The minimum absolute atomic E-state index is 0.117. The summed E-state index contributed by atoms with van der Waals surface area (Å²) in [6.07, 6.45) is 1.79. The smallest absolute Gasteiger partial charge is 0.326 e. The molecular formula is C16H13BrN2O. The lowest BCUT2D eigenvalue weighted by Gasteiger charge is -2.07. The summed E-state index contributed by atoms with van der Waals surface area (Å²) < 4.78 is 2.66. The van der Waals surface area contributed by atoms with E-state index in [0.717, 1.165) is 20.9 Å². The number of carbonyl (C=O) groups excluding carboxylic acids is 1. The first-order valence-corrected chi connectivity index (χ1v) is 7.12.